The minimum atomic E-state index is -4.50. The Labute approximate surface area is 217 Å². The molecule has 0 aliphatic rings. The van der Waals surface area contributed by atoms with Crippen LogP contribution in [0.4, 0.5) is 37.7 Å². The molecule has 37 heavy (non-hydrogen) atoms. The van der Waals surface area contributed by atoms with Gasteiger partial charge in [0.2, 0.25) is 0 Å². The van der Waals surface area contributed by atoms with Crippen LogP contribution in [0.2, 0.25) is 10.0 Å². The smallest absolute Gasteiger partial charge is 0.416 e. The summed E-state index contributed by atoms with van der Waals surface area (Å²) >= 11 is 12.6. The highest BCUT2D eigenvalue weighted by Crippen LogP contribution is 2.47. The molecule has 192 valence electrons. The second-order valence-electron chi connectivity index (χ2n) is 7.93. The normalized spacial score (nSPS) is 12.0. The molecule has 4 aromatic rings. The van der Waals surface area contributed by atoms with E-state index in [4.69, 9.17) is 39.4 Å². The van der Waals surface area contributed by atoms with E-state index in [1.807, 2.05) is 0 Å². The Kier molecular flexibility index (Phi) is 6.96. The van der Waals surface area contributed by atoms with Gasteiger partial charge in [0.15, 0.2) is 11.5 Å². The zero-order valence-corrected chi connectivity index (χ0v) is 20.0. The Balaban J connectivity index is 1.73. The summed E-state index contributed by atoms with van der Waals surface area (Å²) in [6, 6.07) is 14.7. The second-order valence-corrected chi connectivity index (χ2v) is 8.74. The van der Waals surface area contributed by atoms with Gasteiger partial charge < -0.3 is 16.2 Å². The number of nitrogen functional groups attached to an aromatic ring is 2. The quantitative estimate of drug-likeness (QED) is 0.194. The summed E-state index contributed by atoms with van der Waals surface area (Å²) in [5.74, 6) is -0.0885. The Bertz CT molecular complexity index is 1340. The molecular weight excluding hydrogens is 541 g/mol. The van der Waals surface area contributed by atoms with Crippen LogP contribution < -0.4 is 16.2 Å². The molecule has 0 aliphatic heterocycles. The first kappa shape index (κ1) is 26.5. The summed E-state index contributed by atoms with van der Waals surface area (Å²) in [5.41, 5.74) is 12.4. The van der Waals surface area contributed by atoms with E-state index in [1.54, 1.807) is 0 Å². The van der Waals surface area contributed by atoms with Crippen molar-refractivity contribution in [2.75, 3.05) is 11.5 Å². The average Bonchev–Trinajstić information content (AvgIpc) is 2.83. The van der Waals surface area contributed by atoms with Gasteiger partial charge in [-0.05, 0) is 47.5 Å². The van der Waals surface area contributed by atoms with Crippen LogP contribution >= 0.6 is 23.2 Å². The van der Waals surface area contributed by atoms with Crippen molar-refractivity contribution >= 4 is 34.6 Å². The molecular formula is C26H16Cl2F6N2O. The lowest BCUT2D eigenvalue weighted by Gasteiger charge is -2.18. The highest BCUT2D eigenvalue weighted by molar-refractivity contribution is 6.33. The molecule has 0 amide bonds. The van der Waals surface area contributed by atoms with Crippen molar-refractivity contribution in [2.45, 2.75) is 12.4 Å². The van der Waals surface area contributed by atoms with E-state index in [2.05, 4.69) is 0 Å². The number of anilines is 2. The van der Waals surface area contributed by atoms with Gasteiger partial charge in [0.25, 0.3) is 0 Å². The SMILES string of the molecule is Nc1c(-c2ccc(C(F)(F)F)cc2)ccc(Cl)c1Oc1c(Cl)ccc(-c2ccc(C(F)(F)F)cc2)c1N. The largest absolute Gasteiger partial charge is 0.450 e. The number of halogens is 8. The molecule has 0 unspecified atom stereocenters. The maximum Gasteiger partial charge on any atom is 0.416 e. The molecule has 0 aromatic heterocycles. The van der Waals surface area contributed by atoms with E-state index in [-0.39, 0.29) is 32.9 Å². The van der Waals surface area contributed by atoms with Crippen LogP contribution in [0.1, 0.15) is 11.1 Å². The Hall–Kier alpha value is -3.56. The van der Waals surface area contributed by atoms with Crippen LogP contribution in [0, 0.1) is 0 Å². The van der Waals surface area contributed by atoms with Crippen molar-refractivity contribution in [1.29, 1.82) is 0 Å². The average molecular weight is 557 g/mol. The van der Waals surface area contributed by atoms with E-state index in [0.717, 1.165) is 24.3 Å². The molecule has 4 aromatic carbocycles. The van der Waals surface area contributed by atoms with Gasteiger partial charge in [0.1, 0.15) is 0 Å². The van der Waals surface area contributed by atoms with Gasteiger partial charge in [-0.2, -0.15) is 26.3 Å². The number of ether oxygens (including phenoxy) is 1. The lowest BCUT2D eigenvalue weighted by molar-refractivity contribution is -0.138. The molecule has 0 bridgehead atoms. The van der Waals surface area contributed by atoms with Crippen LogP contribution in [-0.2, 0) is 12.4 Å². The summed E-state index contributed by atoms with van der Waals surface area (Å²) in [6.45, 7) is 0. The highest BCUT2D eigenvalue weighted by atomic mass is 35.5. The van der Waals surface area contributed by atoms with Crippen LogP contribution in [0.25, 0.3) is 22.3 Å². The molecule has 0 saturated heterocycles. The summed E-state index contributed by atoms with van der Waals surface area (Å²) in [6.07, 6.45) is -8.99. The third kappa shape index (κ3) is 5.42. The summed E-state index contributed by atoms with van der Waals surface area (Å²) < 4.78 is 83.5. The number of nitrogens with two attached hydrogens (primary N) is 2. The minimum Gasteiger partial charge on any atom is -0.450 e. The van der Waals surface area contributed by atoms with Crippen molar-refractivity contribution in [1.82, 2.24) is 0 Å². The van der Waals surface area contributed by atoms with Crippen molar-refractivity contribution in [3.8, 4) is 33.8 Å². The zero-order chi connectivity index (χ0) is 27.1. The predicted molar refractivity (Wildman–Crippen MR) is 133 cm³/mol. The predicted octanol–water partition coefficient (Wildman–Crippen LogP) is 9.32. The number of hydrogen-bond donors (Lipinski definition) is 2. The summed E-state index contributed by atoms with van der Waals surface area (Å²) in [4.78, 5) is 0. The fourth-order valence-corrected chi connectivity index (χ4v) is 4.04. The third-order valence-electron chi connectivity index (χ3n) is 5.55. The molecule has 0 radical (unpaired) electrons. The molecule has 0 spiro atoms. The molecule has 0 fully saturated rings. The fourth-order valence-electron chi connectivity index (χ4n) is 3.64. The Morgan fingerprint density at radius 3 is 1.14 bits per heavy atom. The van der Waals surface area contributed by atoms with Crippen LogP contribution in [0.15, 0.2) is 72.8 Å². The van der Waals surface area contributed by atoms with Gasteiger partial charge in [0.05, 0.1) is 32.5 Å². The third-order valence-corrected chi connectivity index (χ3v) is 6.14. The molecule has 0 saturated carbocycles. The first-order chi connectivity index (χ1) is 17.3. The molecule has 11 heteroatoms. The summed E-state index contributed by atoms with van der Waals surface area (Å²) in [5, 5.41) is 0.145. The van der Waals surface area contributed by atoms with E-state index in [0.29, 0.717) is 22.3 Å². The van der Waals surface area contributed by atoms with Crippen molar-refractivity contribution in [2.24, 2.45) is 0 Å². The fraction of sp³-hybridized carbons (Fsp3) is 0.0769. The van der Waals surface area contributed by atoms with Crippen molar-refractivity contribution in [3.05, 3.63) is 94.0 Å². The first-order valence-electron chi connectivity index (χ1n) is 10.5. The van der Waals surface area contributed by atoms with Gasteiger partial charge in [-0.1, -0.05) is 59.6 Å². The molecule has 0 atom stereocenters. The van der Waals surface area contributed by atoms with Gasteiger partial charge in [0, 0.05) is 11.1 Å². The van der Waals surface area contributed by atoms with Gasteiger partial charge in [-0.25, -0.2) is 0 Å². The first-order valence-corrected chi connectivity index (χ1v) is 11.2. The maximum atomic E-state index is 12.9. The van der Waals surface area contributed by atoms with E-state index in [1.165, 1.54) is 48.5 Å². The number of alkyl halides is 6. The number of hydrogen-bond acceptors (Lipinski definition) is 3. The lowest BCUT2D eigenvalue weighted by atomic mass is 10.0. The minimum absolute atomic E-state index is 0.0164. The standard InChI is InChI=1S/C26H16Cl2F6N2O/c27-19-11-9-17(13-1-5-15(6-2-13)25(29,30)31)21(35)23(19)37-24-20(28)12-10-18(22(24)36)14-3-7-16(8-4-14)26(32,33)34/h1-12H,35-36H2. The molecule has 4 N–H and O–H groups in total. The number of rotatable bonds is 4. The van der Waals surface area contributed by atoms with Crippen LogP contribution in [0.3, 0.4) is 0 Å². The summed E-state index contributed by atoms with van der Waals surface area (Å²) in [7, 11) is 0. The molecule has 0 heterocycles. The molecule has 3 nitrogen and oxygen atoms in total. The van der Waals surface area contributed by atoms with E-state index < -0.39 is 23.5 Å². The maximum absolute atomic E-state index is 12.9. The van der Waals surface area contributed by atoms with Gasteiger partial charge in [-0.3, -0.25) is 0 Å². The van der Waals surface area contributed by atoms with Crippen molar-refractivity contribution in [3.63, 3.8) is 0 Å². The highest BCUT2D eigenvalue weighted by Gasteiger charge is 2.31. The van der Waals surface area contributed by atoms with Gasteiger partial charge >= 0.3 is 12.4 Å². The lowest BCUT2D eigenvalue weighted by Crippen LogP contribution is -2.04. The number of benzene rings is 4. The van der Waals surface area contributed by atoms with E-state index in [9.17, 15) is 26.3 Å². The Morgan fingerprint density at radius 1 is 0.514 bits per heavy atom. The van der Waals surface area contributed by atoms with Crippen molar-refractivity contribution < 1.29 is 31.1 Å². The van der Waals surface area contributed by atoms with E-state index >= 15 is 0 Å². The Morgan fingerprint density at radius 2 is 0.838 bits per heavy atom. The topological polar surface area (TPSA) is 61.3 Å². The zero-order valence-electron chi connectivity index (χ0n) is 18.5. The molecule has 0 aliphatic carbocycles. The van der Waals surface area contributed by atoms with Crippen LogP contribution in [-0.4, -0.2) is 0 Å². The molecule has 4 rings (SSSR count). The van der Waals surface area contributed by atoms with Crippen LogP contribution in [0.5, 0.6) is 11.5 Å². The second kappa shape index (κ2) is 9.72. The van der Waals surface area contributed by atoms with Gasteiger partial charge in [-0.15, -0.1) is 0 Å². The monoisotopic (exact) mass is 556 g/mol.